The summed E-state index contributed by atoms with van der Waals surface area (Å²) >= 11 is 6.20. The summed E-state index contributed by atoms with van der Waals surface area (Å²) in [5, 5.41) is 14.4. The lowest BCUT2D eigenvalue weighted by atomic mass is 10.1. The lowest BCUT2D eigenvalue weighted by molar-refractivity contribution is -0.385. The van der Waals surface area contributed by atoms with Gasteiger partial charge in [-0.3, -0.25) is 24.0 Å². The van der Waals surface area contributed by atoms with E-state index in [-0.39, 0.29) is 44.9 Å². The van der Waals surface area contributed by atoms with Gasteiger partial charge in [-0.05, 0) is 56.2 Å². The number of para-hydroxylation sites is 1. The number of halogens is 1. The standard InChI is InChI=1S/C29H31ClN4O7S/c1-20-11-13-22(18-25(20)34(37)38)42(39,40)33(26-17-21(30)12-14-27(26)41-2)19-28(35)31-24-10-6-5-9-23(24)29(36)32-15-7-3-4-8-16-32/h5-6,9-14,17-18H,3-4,7-8,15-16,19H2,1-2H3,(H,31,35). The van der Waals surface area contributed by atoms with E-state index in [1.54, 1.807) is 29.2 Å². The van der Waals surface area contributed by atoms with Crippen LogP contribution in [0.2, 0.25) is 5.02 Å². The molecule has 0 aromatic heterocycles. The summed E-state index contributed by atoms with van der Waals surface area (Å²) in [5.74, 6) is -0.867. The number of benzene rings is 3. The molecule has 1 N–H and O–H groups in total. The van der Waals surface area contributed by atoms with Crippen LogP contribution in [0.3, 0.4) is 0 Å². The van der Waals surface area contributed by atoms with E-state index in [0.717, 1.165) is 36.1 Å². The Labute approximate surface area is 249 Å². The molecule has 0 bridgehead atoms. The van der Waals surface area contributed by atoms with Crippen LogP contribution in [0.4, 0.5) is 17.1 Å². The van der Waals surface area contributed by atoms with Crippen molar-refractivity contribution in [3.63, 3.8) is 0 Å². The summed E-state index contributed by atoms with van der Waals surface area (Å²) in [6.07, 6.45) is 3.88. The van der Waals surface area contributed by atoms with Crippen molar-refractivity contribution in [1.29, 1.82) is 0 Å². The largest absolute Gasteiger partial charge is 0.495 e. The predicted molar refractivity (Wildman–Crippen MR) is 160 cm³/mol. The van der Waals surface area contributed by atoms with Gasteiger partial charge in [0.2, 0.25) is 5.91 Å². The fourth-order valence-electron chi connectivity index (χ4n) is 4.77. The van der Waals surface area contributed by atoms with E-state index in [1.165, 1.54) is 44.4 Å². The first-order valence-corrected chi connectivity index (χ1v) is 15.1. The number of nitrogens with one attached hydrogen (secondary N) is 1. The summed E-state index contributed by atoms with van der Waals surface area (Å²) in [4.78, 5) is 39.1. The molecule has 1 aliphatic rings. The Bertz CT molecular complexity index is 1610. The summed E-state index contributed by atoms with van der Waals surface area (Å²) in [7, 11) is -3.22. The first kappa shape index (κ1) is 30.8. The van der Waals surface area contributed by atoms with Gasteiger partial charge in [0.25, 0.3) is 21.6 Å². The first-order valence-electron chi connectivity index (χ1n) is 13.3. The number of hydrogen-bond acceptors (Lipinski definition) is 7. The molecule has 1 fully saturated rings. The minimum atomic E-state index is -4.56. The minimum Gasteiger partial charge on any atom is -0.495 e. The van der Waals surface area contributed by atoms with E-state index in [4.69, 9.17) is 16.3 Å². The molecule has 3 aromatic rings. The van der Waals surface area contributed by atoms with Gasteiger partial charge < -0.3 is 15.0 Å². The third-order valence-corrected chi connectivity index (χ3v) is 8.98. The van der Waals surface area contributed by atoms with Crippen LogP contribution < -0.4 is 14.4 Å². The van der Waals surface area contributed by atoms with Crippen LogP contribution >= 0.6 is 11.6 Å². The van der Waals surface area contributed by atoms with Crippen LogP contribution in [-0.2, 0) is 14.8 Å². The molecular weight excluding hydrogens is 584 g/mol. The lowest BCUT2D eigenvalue weighted by Gasteiger charge is -2.26. The number of carbonyl (C=O) groups excluding carboxylic acids is 2. The molecule has 3 aromatic carbocycles. The van der Waals surface area contributed by atoms with Crippen molar-refractivity contribution in [2.24, 2.45) is 0 Å². The van der Waals surface area contributed by atoms with Crippen LogP contribution in [0, 0.1) is 17.0 Å². The van der Waals surface area contributed by atoms with Gasteiger partial charge in [-0.2, -0.15) is 0 Å². The third-order valence-electron chi connectivity index (χ3n) is 6.99. The summed E-state index contributed by atoms with van der Waals surface area (Å²) in [6.45, 7) is 1.98. The van der Waals surface area contributed by atoms with Gasteiger partial charge in [-0.1, -0.05) is 42.6 Å². The molecule has 1 aliphatic heterocycles. The SMILES string of the molecule is COc1ccc(Cl)cc1N(CC(=O)Nc1ccccc1C(=O)N1CCCCCC1)S(=O)(=O)c1ccc(C)c([N+](=O)[O-])c1. The zero-order valence-electron chi connectivity index (χ0n) is 23.2. The number of nitrogens with zero attached hydrogens (tertiary/aromatic N) is 3. The van der Waals surface area contributed by atoms with Crippen LogP contribution in [-0.4, -0.2) is 56.8 Å². The first-order chi connectivity index (χ1) is 20.0. The number of nitro benzene ring substituents is 1. The third kappa shape index (κ3) is 6.82. The number of sulfonamides is 1. The summed E-state index contributed by atoms with van der Waals surface area (Å²) in [6, 6.07) is 14.3. The Morgan fingerprint density at radius 1 is 1.05 bits per heavy atom. The maximum Gasteiger partial charge on any atom is 0.273 e. The molecule has 0 saturated carbocycles. The summed E-state index contributed by atoms with van der Waals surface area (Å²) < 4.78 is 34.1. The van der Waals surface area contributed by atoms with Gasteiger partial charge in [0.1, 0.15) is 12.3 Å². The zero-order valence-corrected chi connectivity index (χ0v) is 24.8. The Morgan fingerprint density at radius 2 is 1.74 bits per heavy atom. The molecule has 222 valence electrons. The van der Waals surface area contributed by atoms with Crippen LogP contribution in [0.5, 0.6) is 5.75 Å². The van der Waals surface area contributed by atoms with Crippen molar-refractivity contribution < 1.29 is 27.7 Å². The van der Waals surface area contributed by atoms with Crippen molar-refractivity contribution in [1.82, 2.24) is 4.90 Å². The van der Waals surface area contributed by atoms with E-state index in [9.17, 15) is 28.1 Å². The van der Waals surface area contributed by atoms with Gasteiger partial charge in [-0.15, -0.1) is 0 Å². The van der Waals surface area contributed by atoms with Gasteiger partial charge in [0, 0.05) is 29.7 Å². The molecule has 0 atom stereocenters. The number of methoxy groups -OCH3 is 1. The highest BCUT2D eigenvalue weighted by Gasteiger charge is 2.32. The number of aryl methyl sites for hydroxylation is 1. The number of carbonyl (C=O) groups is 2. The molecule has 11 nitrogen and oxygen atoms in total. The smallest absolute Gasteiger partial charge is 0.273 e. The minimum absolute atomic E-state index is 0.0442. The van der Waals surface area contributed by atoms with Crippen LogP contribution in [0.15, 0.2) is 65.6 Å². The molecule has 1 saturated heterocycles. The summed E-state index contributed by atoms with van der Waals surface area (Å²) in [5.41, 5.74) is 0.362. The van der Waals surface area contributed by atoms with Gasteiger partial charge in [-0.25, -0.2) is 8.42 Å². The zero-order chi connectivity index (χ0) is 30.4. The Balaban J connectivity index is 1.71. The second-order valence-electron chi connectivity index (χ2n) is 9.83. The molecule has 2 amide bonds. The monoisotopic (exact) mass is 614 g/mol. The molecule has 13 heteroatoms. The molecule has 42 heavy (non-hydrogen) atoms. The number of amides is 2. The highest BCUT2D eigenvalue weighted by molar-refractivity contribution is 7.92. The van der Waals surface area contributed by atoms with Gasteiger partial charge >= 0.3 is 0 Å². The van der Waals surface area contributed by atoms with Crippen molar-refractivity contribution >= 4 is 50.5 Å². The molecular formula is C29H31ClN4O7S. The number of hydrogen-bond donors (Lipinski definition) is 1. The quantitative estimate of drug-likeness (QED) is 0.251. The topological polar surface area (TPSA) is 139 Å². The molecule has 0 radical (unpaired) electrons. The molecule has 0 unspecified atom stereocenters. The average molecular weight is 615 g/mol. The van der Waals surface area contributed by atoms with Crippen LogP contribution in [0.25, 0.3) is 0 Å². The van der Waals surface area contributed by atoms with E-state index in [0.29, 0.717) is 13.1 Å². The second-order valence-corrected chi connectivity index (χ2v) is 12.1. The lowest BCUT2D eigenvalue weighted by Crippen LogP contribution is -2.39. The molecule has 0 spiro atoms. The van der Waals surface area contributed by atoms with Gasteiger partial charge in [0.05, 0.1) is 33.9 Å². The molecule has 1 heterocycles. The van der Waals surface area contributed by atoms with Crippen LogP contribution in [0.1, 0.15) is 41.6 Å². The number of likely N-dealkylation sites (tertiary alicyclic amines) is 1. The Morgan fingerprint density at radius 3 is 2.40 bits per heavy atom. The van der Waals surface area contributed by atoms with E-state index < -0.39 is 32.3 Å². The molecule has 0 aliphatic carbocycles. The second kappa shape index (κ2) is 13.2. The maximum atomic E-state index is 14.0. The number of rotatable bonds is 9. The normalized spacial score (nSPS) is 13.6. The van der Waals surface area contributed by atoms with E-state index in [1.807, 2.05) is 0 Å². The van der Waals surface area contributed by atoms with E-state index >= 15 is 0 Å². The number of anilines is 2. The highest BCUT2D eigenvalue weighted by Crippen LogP contribution is 2.36. The Hall–Kier alpha value is -4.16. The molecule has 4 rings (SSSR count). The maximum absolute atomic E-state index is 14.0. The number of nitro groups is 1. The Kier molecular flexibility index (Phi) is 9.69. The van der Waals surface area contributed by atoms with Crippen molar-refractivity contribution in [2.75, 3.05) is 36.4 Å². The van der Waals surface area contributed by atoms with Crippen molar-refractivity contribution in [2.45, 2.75) is 37.5 Å². The highest BCUT2D eigenvalue weighted by atomic mass is 35.5. The van der Waals surface area contributed by atoms with E-state index in [2.05, 4.69) is 5.32 Å². The van der Waals surface area contributed by atoms with Crippen molar-refractivity contribution in [3.8, 4) is 5.75 Å². The fourth-order valence-corrected chi connectivity index (χ4v) is 6.38. The number of ether oxygens (including phenoxy) is 1. The average Bonchev–Trinajstić information content (AvgIpc) is 3.25. The fraction of sp³-hybridized carbons (Fsp3) is 0.310. The van der Waals surface area contributed by atoms with Gasteiger partial charge in [0.15, 0.2) is 0 Å². The van der Waals surface area contributed by atoms with Crippen molar-refractivity contribution in [3.05, 3.63) is 86.9 Å². The predicted octanol–water partition coefficient (Wildman–Crippen LogP) is 5.42.